The van der Waals surface area contributed by atoms with Gasteiger partial charge in [-0.25, -0.2) is 0 Å². The van der Waals surface area contributed by atoms with Gasteiger partial charge in [-0.3, -0.25) is 0 Å². The Bertz CT molecular complexity index is 152. The maximum absolute atomic E-state index is 9.25. The molecule has 0 saturated carbocycles. The van der Waals surface area contributed by atoms with Gasteiger partial charge in [0, 0.05) is 6.54 Å². The minimum atomic E-state index is -1.41. The molecule has 12 heavy (non-hydrogen) atoms. The number of aliphatic hydroxyl groups is 3. The highest BCUT2D eigenvalue weighted by atomic mass is 16.6. The van der Waals surface area contributed by atoms with E-state index in [1.807, 2.05) is 0 Å². The Labute approximate surface area is 69.7 Å². The number of hydrogen-bond acceptors (Lipinski definition) is 6. The van der Waals surface area contributed by atoms with E-state index in [0.29, 0.717) is 0 Å². The highest BCUT2D eigenvalue weighted by Crippen LogP contribution is 2.17. The topological polar surface area (TPSA) is 122 Å². The Kier molecular flexibility index (Phi) is 2.99. The zero-order valence-corrected chi connectivity index (χ0v) is 6.50. The van der Waals surface area contributed by atoms with Crippen LogP contribution in [0.5, 0.6) is 0 Å². The van der Waals surface area contributed by atoms with Crippen LogP contribution in [0.1, 0.15) is 0 Å². The first-order valence-electron chi connectivity index (χ1n) is 3.73. The summed E-state index contributed by atoms with van der Waals surface area (Å²) in [4.78, 5) is 0. The number of aliphatic hydroxyl groups excluding tert-OH is 3. The van der Waals surface area contributed by atoms with Gasteiger partial charge in [0.15, 0.2) is 6.29 Å². The van der Waals surface area contributed by atoms with Crippen molar-refractivity contribution in [2.75, 3.05) is 6.54 Å². The Balaban J connectivity index is 2.63. The number of ether oxygens (including phenoxy) is 1. The average Bonchev–Trinajstić information content (AvgIpc) is 2.08. The molecule has 5 atom stereocenters. The monoisotopic (exact) mass is 178 g/mol. The van der Waals surface area contributed by atoms with E-state index >= 15 is 0 Å². The molecule has 0 unspecified atom stereocenters. The van der Waals surface area contributed by atoms with Gasteiger partial charge in [0.1, 0.15) is 12.2 Å². The van der Waals surface area contributed by atoms with Gasteiger partial charge in [0.05, 0.1) is 12.1 Å². The third kappa shape index (κ3) is 1.58. The summed E-state index contributed by atoms with van der Waals surface area (Å²) in [7, 11) is 0. The van der Waals surface area contributed by atoms with Gasteiger partial charge in [-0.05, 0) is 0 Å². The molecule has 72 valence electrons. The lowest BCUT2D eigenvalue weighted by molar-refractivity contribution is -0.251. The summed E-state index contributed by atoms with van der Waals surface area (Å²) in [6, 6.07) is -0.756. The molecule has 7 N–H and O–H groups in total. The predicted octanol–water partition coefficient (Wildman–Crippen LogP) is -3.29. The second-order valence-electron chi connectivity index (χ2n) is 2.86. The van der Waals surface area contributed by atoms with Crippen LogP contribution in [0.15, 0.2) is 0 Å². The first-order chi connectivity index (χ1) is 5.57. The van der Waals surface area contributed by atoms with E-state index in [2.05, 4.69) is 0 Å². The van der Waals surface area contributed by atoms with Crippen molar-refractivity contribution in [1.29, 1.82) is 0 Å². The highest BCUT2D eigenvalue weighted by Gasteiger charge is 2.41. The van der Waals surface area contributed by atoms with Gasteiger partial charge in [0.2, 0.25) is 0 Å². The molecule has 0 aliphatic carbocycles. The van der Waals surface area contributed by atoms with Gasteiger partial charge < -0.3 is 31.5 Å². The largest absolute Gasteiger partial charge is 0.388 e. The molecule has 0 spiro atoms. The molecule has 0 aromatic rings. The van der Waals surface area contributed by atoms with Crippen molar-refractivity contribution in [1.82, 2.24) is 0 Å². The molecule has 1 fully saturated rings. The molecule has 1 aliphatic rings. The maximum atomic E-state index is 9.25. The first kappa shape index (κ1) is 9.85. The molecule has 0 radical (unpaired) electrons. The Morgan fingerprint density at radius 3 is 2.25 bits per heavy atom. The second-order valence-corrected chi connectivity index (χ2v) is 2.86. The van der Waals surface area contributed by atoms with Crippen molar-refractivity contribution in [3.63, 3.8) is 0 Å². The summed E-state index contributed by atoms with van der Waals surface area (Å²) >= 11 is 0. The molecule has 6 nitrogen and oxygen atoms in total. The van der Waals surface area contributed by atoms with Gasteiger partial charge in [-0.15, -0.1) is 0 Å². The molecule has 1 heterocycles. The molecule has 6 heteroatoms. The van der Waals surface area contributed by atoms with Crippen molar-refractivity contribution < 1.29 is 20.1 Å². The first-order valence-corrected chi connectivity index (χ1v) is 3.73. The summed E-state index contributed by atoms with van der Waals surface area (Å²) in [5.74, 6) is 0. The van der Waals surface area contributed by atoms with E-state index < -0.39 is 30.6 Å². The van der Waals surface area contributed by atoms with Crippen molar-refractivity contribution in [2.24, 2.45) is 11.5 Å². The van der Waals surface area contributed by atoms with E-state index in [-0.39, 0.29) is 6.54 Å². The fourth-order valence-corrected chi connectivity index (χ4v) is 1.18. The van der Waals surface area contributed by atoms with Gasteiger partial charge in [0.25, 0.3) is 0 Å². The van der Waals surface area contributed by atoms with Crippen LogP contribution in [0.2, 0.25) is 0 Å². The molecular formula is C6H14N2O4. The molecule has 1 aliphatic heterocycles. The molecule has 1 saturated heterocycles. The second kappa shape index (κ2) is 3.65. The fourth-order valence-electron chi connectivity index (χ4n) is 1.18. The molecule has 1 rings (SSSR count). The number of rotatable bonds is 1. The Morgan fingerprint density at radius 1 is 1.17 bits per heavy atom. The molecule has 0 bridgehead atoms. The van der Waals surface area contributed by atoms with E-state index in [9.17, 15) is 5.11 Å². The van der Waals surface area contributed by atoms with E-state index in [1.165, 1.54) is 0 Å². The number of hydrogen-bond donors (Lipinski definition) is 5. The van der Waals surface area contributed by atoms with Gasteiger partial charge in [-0.2, -0.15) is 0 Å². The summed E-state index contributed by atoms with van der Waals surface area (Å²) in [6.45, 7) is 0.0992. The normalized spacial score (nSPS) is 49.2. The quantitative estimate of drug-likeness (QED) is 0.287. The van der Waals surface area contributed by atoms with Crippen LogP contribution in [-0.2, 0) is 4.74 Å². The van der Waals surface area contributed by atoms with Gasteiger partial charge in [-0.1, -0.05) is 0 Å². The summed E-state index contributed by atoms with van der Waals surface area (Å²) in [5.41, 5.74) is 10.7. The van der Waals surface area contributed by atoms with Crippen LogP contribution in [0.3, 0.4) is 0 Å². The van der Waals surface area contributed by atoms with E-state index in [4.69, 9.17) is 26.4 Å². The van der Waals surface area contributed by atoms with Crippen LogP contribution in [-0.4, -0.2) is 52.5 Å². The Morgan fingerprint density at radius 2 is 1.75 bits per heavy atom. The summed E-state index contributed by atoms with van der Waals surface area (Å²) < 4.78 is 4.83. The average molecular weight is 178 g/mol. The SMILES string of the molecule is NC[C@H]1O[C@H](O)[C@H](O)[C@@H](O)[C@@H]1N. The lowest BCUT2D eigenvalue weighted by atomic mass is 9.97. The lowest BCUT2D eigenvalue weighted by Crippen LogP contribution is -2.62. The summed E-state index contributed by atoms with van der Waals surface area (Å²) in [6.07, 6.45) is -4.57. The minimum Gasteiger partial charge on any atom is -0.388 e. The minimum absolute atomic E-state index is 0.0992. The van der Waals surface area contributed by atoms with Crippen LogP contribution in [0.25, 0.3) is 0 Å². The standard InChI is InChI=1S/C6H14N2O4/c7-1-2-3(8)4(9)5(10)6(11)12-2/h2-6,9-11H,1,7-8H2/t2-,3-,4+,5-,6+/m1/s1. The molecule has 0 aromatic heterocycles. The molecular weight excluding hydrogens is 164 g/mol. The summed E-state index contributed by atoms with van der Waals surface area (Å²) in [5, 5.41) is 27.4. The van der Waals surface area contributed by atoms with Gasteiger partial charge >= 0.3 is 0 Å². The molecule has 0 amide bonds. The fraction of sp³-hybridized carbons (Fsp3) is 1.00. The van der Waals surface area contributed by atoms with Crippen LogP contribution < -0.4 is 11.5 Å². The Hall–Kier alpha value is -0.240. The number of nitrogens with two attached hydrogens (primary N) is 2. The van der Waals surface area contributed by atoms with Crippen molar-refractivity contribution in [3.8, 4) is 0 Å². The zero-order chi connectivity index (χ0) is 9.30. The van der Waals surface area contributed by atoms with Crippen molar-refractivity contribution in [3.05, 3.63) is 0 Å². The third-order valence-electron chi connectivity index (χ3n) is 2.01. The van der Waals surface area contributed by atoms with Crippen molar-refractivity contribution in [2.45, 2.75) is 30.6 Å². The smallest absolute Gasteiger partial charge is 0.183 e. The van der Waals surface area contributed by atoms with Crippen LogP contribution in [0.4, 0.5) is 0 Å². The molecule has 0 aromatic carbocycles. The third-order valence-corrected chi connectivity index (χ3v) is 2.01. The maximum Gasteiger partial charge on any atom is 0.183 e. The van der Waals surface area contributed by atoms with E-state index in [0.717, 1.165) is 0 Å². The van der Waals surface area contributed by atoms with Crippen molar-refractivity contribution >= 4 is 0 Å². The zero-order valence-electron chi connectivity index (χ0n) is 6.50. The van der Waals surface area contributed by atoms with E-state index in [1.54, 1.807) is 0 Å². The highest BCUT2D eigenvalue weighted by molar-refractivity contribution is 4.91. The van der Waals surface area contributed by atoms with Crippen LogP contribution >= 0.6 is 0 Å². The predicted molar refractivity (Wildman–Crippen MR) is 39.9 cm³/mol. The van der Waals surface area contributed by atoms with Crippen LogP contribution in [0, 0.1) is 0 Å². The lowest BCUT2D eigenvalue weighted by Gasteiger charge is -2.38.